The summed E-state index contributed by atoms with van der Waals surface area (Å²) in [5.41, 5.74) is 11.0. The Labute approximate surface area is 365 Å². The lowest BCUT2D eigenvalue weighted by Gasteiger charge is -2.28. The van der Waals surface area contributed by atoms with Crippen molar-refractivity contribution >= 4 is 81.7 Å². The van der Waals surface area contributed by atoms with Gasteiger partial charge in [0, 0.05) is 16.5 Å². The summed E-state index contributed by atoms with van der Waals surface area (Å²) in [5, 5.41) is 24.2. The van der Waals surface area contributed by atoms with Crippen LogP contribution >= 0.6 is 0 Å². The molecule has 0 aliphatic carbocycles. The first kappa shape index (κ1) is 36.4. The van der Waals surface area contributed by atoms with Crippen LogP contribution in [-0.4, -0.2) is 0 Å². The number of hydrogen-bond donors (Lipinski definition) is 0. The summed E-state index contributed by atoms with van der Waals surface area (Å²) in [6.45, 7) is 0. The van der Waals surface area contributed by atoms with Gasteiger partial charge >= 0.3 is 0 Å². The van der Waals surface area contributed by atoms with Crippen LogP contribution in [0.1, 0.15) is 5.56 Å². The standard InChI is InChI=1S/C61H38N2/c62-39-40-30-33-45(34-31-40)63(58-29-13-19-43-16-3-6-22-49(43)58)59-37-36-48(50-23-7-8-24-51(50)59)44-32-35-56-57(38-44)61(53-28-12-18-42-15-2-5-21-47(42)53)55-26-10-9-25-54(55)60(56)52-27-11-17-41-14-1-4-20-46(41)52/h1-38H. The second kappa shape index (κ2) is 14.9. The molecule has 0 aliphatic heterocycles. The number of nitriles is 1. The van der Waals surface area contributed by atoms with Gasteiger partial charge in [0.25, 0.3) is 0 Å². The normalized spacial score (nSPS) is 11.5. The molecule has 12 aromatic rings. The predicted molar refractivity (Wildman–Crippen MR) is 267 cm³/mol. The van der Waals surface area contributed by atoms with Crippen molar-refractivity contribution in [1.82, 2.24) is 0 Å². The van der Waals surface area contributed by atoms with Crippen LogP contribution in [0.4, 0.5) is 17.1 Å². The molecular formula is C61H38N2. The summed E-state index contributed by atoms with van der Waals surface area (Å²) in [6.07, 6.45) is 0. The van der Waals surface area contributed by atoms with Gasteiger partial charge in [0.05, 0.1) is 23.0 Å². The molecule has 0 fully saturated rings. The minimum absolute atomic E-state index is 0.632. The van der Waals surface area contributed by atoms with Crippen LogP contribution in [0.5, 0.6) is 0 Å². The number of anilines is 3. The quantitative estimate of drug-likeness (QED) is 0.157. The van der Waals surface area contributed by atoms with Gasteiger partial charge in [0.15, 0.2) is 0 Å². The summed E-state index contributed by atoms with van der Waals surface area (Å²) in [7, 11) is 0. The smallest absolute Gasteiger partial charge is 0.0991 e. The molecule has 0 radical (unpaired) electrons. The summed E-state index contributed by atoms with van der Waals surface area (Å²) in [4.78, 5) is 2.34. The van der Waals surface area contributed by atoms with Gasteiger partial charge in [-0.1, -0.05) is 188 Å². The Balaban J connectivity index is 1.15. The van der Waals surface area contributed by atoms with Crippen molar-refractivity contribution in [3.05, 3.63) is 236 Å². The minimum atomic E-state index is 0.632. The Morgan fingerprint density at radius 3 is 1.38 bits per heavy atom. The number of hydrogen-bond acceptors (Lipinski definition) is 2. The fraction of sp³-hybridized carbons (Fsp3) is 0. The second-order valence-electron chi connectivity index (χ2n) is 16.3. The van der Waals surface area contributed by atoms with Gasteiger partial charge in [0.1, 0.15) is 0 Å². The number of rotatable bonds is 6. The van der Waals surface area contributed by atoms with Crippen molar-refractivity contribution in [1.29, 1.82) is 5.26 Å². The van der Waals surface area contributed by atoms with Crippen LogP contribution in [-0.2, 0) is 0 Å². The maximum absolute atomic E-state index is 9.72. The van der Waals surface area contributed by atoms with E-state index < -0.39 is 0 Å². The highest BCUT2D eigenvalue weighted by Gasteiger charge is 2.22. The Bertz CT molecular complexity index is 3800. The van der Waals surface area contributed by atoms with E-state index in [1.807, 2.05) is 12.1 Å². The largest absolute Gasteiger partial charge is 0.309 e. The molecule has 0 spiro atoms. The summed E-state index contributed by atoms with van der Waals surface area (Å²) in [5.74, 6) is 0. The molecule has 0 aromatic heterocycles. The maximum Gasteiger partial charge on any atom is 0.0991 e. The molecule has 0 saturated heterocycles. The van der Waals surface area contributed by atoms with Crippen molar-refractivity contribution < 1.29 is 0 Å². The van der Waals surface area contributed by atoms with E-state index >= 15 is 0 Å². The third-order valence-corrected chi connectivity index (χ3v) is 12.9. The van der Waals surface area contributed by atoms with E-state index in [-0.39, 0.29) is 0 Å². The van der Waals surface area contributed by atoms with Crippen LogP contribution in [0.15, 0.2) is 231 Å². The Morgan fingerprint density at radius 1 is 0.302 bits per heavy atom. The highest BCUT2D eigenvalue weighted by atomic mass is 15.1. The lowest BCUT2D eigenvalue weighted by atomic mass is 9.82. The van der Waals surface area contributed by atoms with Crippen molar-refractivity contribution in [2.24, 2.45) is 0 Å². The third kappa shape index (κ3) is 5.94. The first-order valence-corrected chi connectivity index (χ1v) is 21.5. The molecule has 0 N–H and O–H groups in total. The topological polar surface area (TPSA) is 27.0 Å². The summed E-state index contributed by atoms with van der Waals surface area (Å²) < 4.78 is 0. The molecule has 0 bridgehead atoms. The zero-order chi connectivity index (χ0) is 41.9. The van der Waals surface area contributed by atoms with E-state index in [1.165, 1.54) is 70.7 Å². The highest BCUT2D eigenvalue weighted by Crippen LogP contribution is 2.49. The average Bonchev–Trinajstić information content (AvgIpc) is 3.35. The summed E-state index contributed by atoms with van der Waals surface area (Å²) in [6, 6.07) is 85.6. The van der Waals surface area contributed by atoms with E-state index in [2.05, 4.69) is 229 Å². The zero-order valence-corrected chi connectivity index (χ0v) is 34.3. The molecule has 0 aliphatic rings. The molecule has 63 heavy (non-hydrogen) atoms. The average molecular weight is 799 g/mol. The first-order chi connectivity index (χ1) is 31.2. The van der Waals surface area contributed by atoms with E-state index in [1.54, 1.807) is 0 Å². The van der Waals surface area contributed by atoms with Crippen LogP contribution < -0.4 is 4.90 Å². The van der Waals surface area contributed by atoms with E-state index in [9.17, 15) is 5.26 Å². The second-order valence-corrected chi connectivity index (χ2v) is 16.3. The van der Waals surface area contributed by atoms with Gasteiger partial charge < -0.3 is 4.90 Å². The monoisotopic (exact) mass is 798 g/mol. The molecule has 12 aromatic carbocycles. The third-order valence-electron chi connectivity index (χ3n) is 12.9. The fourth-order valence-electron chi connectivity index (χ4n) is 10.0. The molecular weight excluding hydrogens is 761 g/mol. The fourth-order valence-corrected chi connectivity index (χ4v) is 10.0. The number of nitrogens with zero attached hydrogens (tertiary/aromatic N) is 2. The maximum atomic E-state index is 9.72. The van der Waals surface area contributed by atoms with Crippen LogP contribution in [0.2, 0.25) is 0 Å². The first-order valence-electron chi connectivity index (χ1n) is 21.5. The molecule has 0 saturated carbocycles. The van der Waals surface area contributed by atoms with Crippen molar-refractivity contribution in [2.75, 3.05) is 4.90 Å². The SMILES string of the molecule is N#Cc1ccc(N(c2cccc3ccccc23)c2ccc(-c3ccc4c(-c5cccc6ccccc56)c5ccccc5c(-c5cccc6ccccc56)c4c3)c3ccccc23)cc1. The van der Waals surface area contributed by atoms with Gasteiger partial charge in [-0.2, -0.15) is 5.26 Å². The van der Waals surface area contributed by atoms with E-state index in [4.69, 9.17) is 0 Å². The molecule has 2 nitrogen and oxygen atoms in total. The van der Waals surface area contributed by atoms with Crippen molar-refractivity contribution in [2.45, 2.75) is 0 Å². The van der Waals surface area contributed by atoms with Crippen LogP contribution in [0.25, 0.3) is 98.0 Å². The Morgan fingerprint density at radius 2 is 0.762 bits per heavy atom. The lowest BCUT2D eigenvalue weighted by molar-refractivity contribution is 1.31. The van der Waals surface area contributed by atoms with Gasteiger partial charge in [0.2, 0.25) is 0 Å². The Hall–Kier alpha value is -8.51. The molecule has 0 unspecified atom stereocenters. The van der Waals surface area contributed by atoms with Gasteiger partial charge in [-0.3, -0.25) is 0 Å². The van der Waals surface area contributed by atoms with Gasteiger partial charge in [-0.05, 0) is 130 Å². The highest BCUT2D eigenvalue weighted by molar-refractivity contribution is 6.26. The molecule has 12 rings (SSSR count). The predicted octanol–water partition coefficient (Wildman–Crippen LogP) is 16.9. The van der Waals surface area contributed by atoms with Crippen LogP contribution in [0, 0.1) is 11.3 Å². The van der Waals surface area contributed by atoms with Crippen LogP contribution in [0.3, 0.4) is 0 Å². The molecule has 292 valence electrons. The van der Waals surface area contributed by atoms with Crippen molar-refractivity contribution in [3.8, 4) is 39.4 Å². The molecule has 0 heterocycles. The lowest BCUT2D eigenvalue weighted by Crippen LogP contribution is -2.11. The molecule has 0 amide bonds. The Kier molecular flexibility index (Phi) is 8.59. The minimum Gasteiger partial charge on any atom is -0.309 e. The van der Waals surface area contributed by atoms with E-state index in [0.717, 1.165) is 44.3 Å². The molecule has 2 heteroatoms. The molecule has 0 atom stereocenters. The van der Waals surface area contributed by atoms with Gasteiger partial charge in [-0.25, -0.2) is 0 Å². The van der Waals surface area contributed by atoms with Gasteiger partial charge in [-0.15, -0.1) is 0 Å². The number of fused-ring (bicyclic) bond motifs is 6. The number of benzene rings is 12. The summed E-state index contributed by atoms with van der Waals surface area (Å²) >= 11 is 0. The zero-order valence-electron chi connectivity index (χ0n) is 34.3. The van der Waals surface area contributed by atoms with E-state index in [0.29, 0.717) is 5.56 Å². The van der Waals surface area contributed by atoms with Crippen molar-refractivity contribution in [3.63, 3.8) is 0 Å².